The molecule has 2 aromatic rings. The number of hydrogen-bond acceptors (Lipinski definition) is 6. The van der Waals surface area contributed by atoms with Gasteiger partial charge in [-0.05, 0) is 36.8 Å². The molecule has 4 rings (SSSR count). The third kappa shape index (κ3) is 3.94. The number of benzene rings is 2. The smallest absolute Gasteiger partial charge is 0.244 e. The van der Waals surface area contributed by atoms with Crippen molar-refractivity contribution in [1.82, 2.24) is 21.3 Å². The number of hydrazine groups is 2. The number of piperazine rings is 1. The first-order chi connectivity index (χ1) is 13.6. The average Bonchev–Trinajstić information content (AvgIpc) is 3.17. The summed E-state index contributed by atoms with van der Waals surface area (Å²) in [6.07, 6.45) is -0.459. The van der Waals surface area contributed by atoms with E-state index in [4.69, 9.17) is 0 Å². The fourth-order valence-electron chi connectivity index (χ4n) is 3.64. The number of nitrogens with one attached hydrogen (secondary N) is 4. The number of halogens is 1. The van der Waals surface area contributed by atoms with Crippen molar-refractivity contribution in [2.75, 3.05) is 36.4 Å². The molecule has 28 heavy (non-hydrogen) atoms. The summed E-state index contributed by atoms with van der Waals surface area (Å²) in [4.78, 5) is 17.2. The van der Waals surface area contributed by atoms with Gasteiger partial charge in [0, 0.05) is 31.9 Å². The zero-order valence-electron chi connectivity index (χ0n) is 15.8. The van der Waals surface area contributed by atoms with E-state index in [0.717, 1.165) is 13.1 Å². The molecule has 2 aromatic carbocycles. The summed E-state index contributed by atoms with van der Waals surface area (Å²) >= 11 is 0. The van der Waals surface area contributed by atoms with Crippen LogP contribution >= 0.6 is 0 Å². The molecule has 0 spiro atoms. The minimum absolute atomic E-state index is 0.0183. The van der Waals surface area contributed by atoms with Gasteiger partial charge < -0.3 is 15.1 Å². The molecule has 7 nitrogen and oxygen atoms in total. The maximum atomic E-state index is 13.9. The van der Waals surface area contributed by atoms with Crippen LogP contribution in [-0.4, -0.2) is 49.2 Å². The molecule has 0 aromatic heterocycles. The minimum atomic E-state index is -0.537. The lowest BCUT2D eigenvalue weighted by molar-refractivity contribution is -0.133. The number of para-hydroxylation sites is 1. The van der Waals surface area contributed by atoms with E-state index in [9.17, 15) is 9.18 Å². The van der Waals surface area contributed by atoms with Crippen LogP contribution in [0.25, 0.3) is 0 Å². The summed E-state index contributed by atoms with van der Waals surface area (Å²) in [5, 5.41) is 3.05. The minimum Gasteiger partial charge on any atom is -0.368 e. The van der Waals surface area contributed by atoms with Crippen LogP contribution in [0.1, 0.15) is 5.56 Å². The van der Waals surface area contributed by atoms with Crippen LogP contribution in [0, 0.1) is 12.7 Å². The van der Waals surface area contributed by atoms with E-state index in [0.29, 0.717) is 18.8 Å². The fourth-order valence-corrected chi connectivity index (χ4v) is 3.64. The molecule has 0 radical (unpaired) electrons. The van der Waals surface area contributed by atoms with Crippen molar-refractivity contribution >= 4 is 17.3 Å². The number of amides is 1. The summed E-state index contributed by atoms with van der Waals surface area (Å²) < 4.78 is 13.9. The third-order valence-electron chi connectivity index (χ3n) is 5.20. The topological polar surface area (TPSA) is 71.7 Å². The molecule has 4 N–H and O–H groups in total. The first kappa shape index (κ1) is 18.7. The number of nitrogens with zero attached hydrogens (tertiary/aromatic N) is 2. The van der Waals surface area contributed by atoms with E-state index in [1.807, 2.05) is 4.90 Å². The molecular formula is C20H25FN6O. The summed E-state index contributed by atoms with van der Waals surface area (Å²) in [7, 11) is 0. The van der Waals surface area contributed by atoms with Crippen LogP contribution in [0.3, 0.4) is 0 Å². The van der Waals surface area contributed by atoms with E-state index in [-0.39, 0.29) is 11.7 Å². The van der Waals surface area contributed by atoms with Crippen LogP contribution in [0.4, 0.5) is 15.8 Å². The summed E-state index contributed by atoms with van der Waals surface area (Å²) in [6.45, 7) is 4.95. The van der Waals surface area contributed by atoms with Crippen LogP contribution in [0.5, 0.6) is 0 Å². The Morgan fingerprint density at radius 3 is 2.61 bits per heavy atom. The Kier molecular flexibility index (Phi) is 5.43. The lowest BCUT2D eigenvalue weighted by atomic mass is 10.1. The lowest BCUT2D eigenvalue weighted by Crippen LogP contribution is -2.57. The molecule has 2 unspecified atom stereocenters. The van der Waals surface area contributed by atoms with Crippen LogP contribution < -0.4 is 26.6 Å². The van der Waals surface area contributed by atoms with Crippen molar-refractivity contribution in [3.63, 3.8) is 0 Å². The number of aryl methyl sites for hydroxylation is 1. The van der Waals surface area contributed by atoms with Gasteiger partial charge in [0.25, 0.3) is 0 Å². The number of rotatable bonds is 4. The van der Waals surface area contributed by atoms with Gasteiger partial charge in [-0.1, -0.05) is 24.3 Å². The summed E-state index contributed by atoms with van der Waals surface area (Å²) in [5.74, 6) is -0.371. The highest BCUT2D eigenvalue weighted by molar-refractivity contribution is 5.83. The van der Waals surface area contributed by atoms with Crippen molar-refractivity contribution in [1.29, 1.82) is 0 Å². The Balaban J connectivity index is 1.37. The van der Waals surface area contributed by atoms with E-state index in [2.05, 4.69) is 57.8 Å². The SMILES string of the molecule is Cc1cccc(N2CCN(C(=O)C3NNNC3Nc3ccccc3F)CC2)c1. The molecular weight excluding hydrogens is 359 g/mol. The van der Waals surface area contributed by atoms with Gasteiger partial charge in [-0.3, -0.25) is 4.79 Å². The summed E-state index contributed by atoms with van der Waals surface area (Å²) in [5.41, 5.74) is 11.4. The van der Waals surface area contributed by atoms with Crippen LogP contribution in [-0.2, 0) is 4.79 Å². The van der Waals surface area contributed by atoms with Crippen molar-refractivity contribution in [3.8, 4) is 0 Å². The molecule has 8 heteroatoms. The van der Waals surface area contributed by atoms with E-state index >= 15 is 0 Å². The monoisotopic (exact) mass is 384 g/mol. The Bertz CT molecular complexity index is 839. The zero-order chi connectivity index (χ0) is 19.5. The fraction of sp³-hybridized carbons (Fsp3) is 0.350. The molecule has 148 valence electrons. The first-order valence-corrected chi connectivity index (χ1v) is 9.49. The normalized spacial score (nSPS) is 22.4. The van der Waals surface area contributed by atoms with Crippen molar-refractivity contribution in [3.05, 3.63) is 59.9 Å². The third-order valence-corrected chi connectivity index (χ3v) is 5.20. The molecule has 2 atom stereocenters. The predicted molar refractivity (Wildman–Crippen MR) is 107 cm³/mol. The highest BCUT2D eigenvalue weighted by Gasteiger charge is 2.36. The second kappa shape index (κ2) is 8.14. The number of hydrogen-bond donors (Lipinski definition) is 4. The summed E-state index contributed by atoms with van der Waals surface area (Å²) in [6, 6.07) is 14.3. The van der Waals surface area contributed by atoms with Gasteiger partial charge in [0.1, 0.15) is 18.0 Å². The molecule has 2 heterocycles. The molecule has 0 bridgehead atoms. The van der Waals surface area contributed by atoms with Gasteiger partial charge in [-0.2, -0.15) is 5.53 Å². The van der Waals surface area contributed by atoms with Crippen molar-refractivity contribution in [2.45, 2.75) is 19.1 Å². The Hall–Kier alpha value is -2.68. The average molecular weight is 384 g/mol. The Labute approximate surface area is 163 Å². The van der Waals surface area contributed by atoms with E-state index in [1.165, 1.54) is 17.3 Å². The van der Waals surface area contributed by atoms with Gasteiger partial charge in [-0.25, -0.2) is 15.2 Å². The number of carbonyl (C=O) groups excluding carboxylic acids is 1. The Morgan fingerprint density at radius 1 is 1.07 bits per heavy atom. The van der Waals surface area contributed by atoms with Gasteiger partial charge >= 0.3 is 0 Å². The Morgan fingerprint density at radius 2 is 1.86 bits per heavy atom. The van der Waals surface area contributed by atoms with E-state index in [1.54, 1.807) is 18.2 Å². The first-order valence-electron chi connectivity index (χ1n) is 9.49. The van der Waals surface area contributed by atoms with Crippen LogP contribution in [0.15, 0.2) is 48.5 Å². The van der Waals surface area contributed by atoms with Gasteiger partial charge in [0.05, 0.1) is 5.69 Å². The molecule has 2 aliphatic rings. The standard InChI is InChI=1S/C20H25FN6O/c1-14-5-4-6-15(13-14)26-9-11-27(12-10-26)20(28)18-19(24-25-23-18)22-17-8-3-2-7-16(17)21/h2-8,13,18-19,22-25H,9-12H2,1H3. The zero-order valence-corrected chi connectivity index (χ0v) is 15.8. The van der Waals surface area contributed by atoms with Crippen molar-refractivity contribution in [2.24, 2.45) is 0 Å². The second-order valence-electron chi connectivity index (χ2n) is 7.14. The van der Waals surface area contributed by atoms with Gasteiger partial charge in [-0.15, -0.1) is 0 Å². The van der Waals surface area contributed by atoms with Crippen LogP contribution in [0.2, 0.25) is 0 Å². The van der Waals surface area contributed by atoms with Gasteiger partial charge in [0.2, 0.25) is 5.91 Å². The largest absolute Gasteiger partial charge is 0.368 e. The quantitative estimate of drug-likeness (QED) is 0.635. The maximum absolute atomic E-state index is 13.9. The lowest BCUT2D eigenvalue weighted by Gasteiger charge is -2.37. The number of anilines is 2. The molecule has 0 aliphatic carbocycles. The molecule has 0 saturated carbocycles. The van der Waals surface area contributed by atoms with E-state index < -0.39 is 12.2 Å². The van der Waals surface area contributed by atoms with Crippen molar-refractivity contribution < 1.29 is 9.18 Å². The highest BCUT2D eigenvalue weighted by atomic mass is 19.1. The highest BCUT2D eigenvalue weighted by Crippen LogP contribution is 2.19. The second-order valence-corrected chi connectivity index (χ2v) is 7.14. The molecule has 2 aliphatic heterocycles. The number of carbonyl (C=O) groups is 1. The van der Waals surface area contributed by atoms with Gasteiger partial charge in [0.15, 0.2) is 0 Å². The molecule has 2 saturated heterocycles. The molecule has 1 amide bonds. The predicted octanol–water partition coefficient (Wildman–Crippen LogP) is 1.20. The maximum Gasteiger partial charge on any atom is 0.244 e. The molecule has 2 fully saturated rings.